The summed E-state index contributed by atoms with van der Waals surface area (Å²) in [5.74, 6) is 0.583. The Hall–Kier alpha value is -2.64. The highest BCUT2D eigenvalue weighted by Crippen LogP contribution is 2.09. The summed E-state index contributed by atoms with van der Waals surface area (Å²) >= 11 is 0. The van der Waals surface area contributed by atoms with E-state index in [4.69, 9.17) is 4.74 Å². The lowest BCUT2D eigenvalue weighted by molar-refractivity contribution is -0.121. The molecule has 2 aromatic rings. The predicted octanol–water partition coefficient (Wildman–Crippen LogP) is 1.99. The number of amides is 2. The molecule has 0 atom stereocenters. The molecule has 1 N–H and O–H groups in total. The van der Waals surface area contributed by atoms with E-state index < -0.39 is 5.60 Å². The van der Waals surface area contributed by atoms with Crippen molar-refractivity contribution in [3.63, 3.8) is 0 Å². The van der Waals surface area contributed by atoms with Gasteiger partial charge < -0.3 is 15.0 Å². The van der Waals surface area contributed by atoms with Crippen LogP contribution in [0.15, 0.2) is 24.4 Å². The molecule has 0 radical (unpaired) electrons. The number of fused-ring (bicyclic) bond motifs is 1. The van der Waals surface area contributed by atoms with Crippen molar-refractivity contribution in [2.75, 3.05) is 13.6 Å². The van der Waals surface area contributed by atoms with E-state index in [0.717, 1.165) is 5.65 Å². The molecule has 0 aliphatic carbocycles. The molecule has 0 unspecified atom stereocenters. The summed E-state index contributed by atoms with van der Waals surface area (Å²) in [7, 11) is 1.66. The Bertz CT molecular complexity index is 735. The van der Waals surface area contributed by atoms with Crippen LogP contribution in [0.25, 0.3) is 5.65 Å². The number of hydrogen-bond donors (Lipinski definition) is 1. The maximum Gasteiger partial charge on any atom is 0.410 e. The van der Waals surface area contributed by atoms with Crippen LogP contribution in [-0.2, 0) is 16.1 Å². The van der Waals surface area contributed by atoms with Gasteiger partial charge in [0.25, 0.3) is 0 Å². The molecular weight excluding hydrogens is 322 g/mol. The van der Waals surface area contributed by atoms with Crippen molar-refractivity contribution in [2.45, 2.75) is 45.8 Å². The molecule has 8 heteroatoms. The fourth-order valence-corrected chi connectivity index (χ4v) is 2.19. The third kappa shape index (κ3) is 5.74. The van der Waals surface area contributed by atoms with Crippen molar-refractivity contribution in [2.24, 2.45) is 0 Å². The topological polar surface area (TPSA) is 88.8 Å². The van der Waals surface area contributed by atoms with Gasteiger partial charge in [-0.3, -0.25) is 9.20 Å². The van der Waals surface area contributed by atoms with Gasteiger partial charge in [0.2, 0.25) is 5.91 Å². The number of carbonyl (C=O) groups excluding carboxylic acids is 2. The van der Waals surface area contributed by atoms with Gasteiger partial charge in [-0.25, -0.2) is 4.79 Å². The van der Waals surface area contributed by atoms with Crippen LogP contribution in [0.5, 0.6) is 0 Å². The first-order valence-corrected chi connectivity index (χ1v) is 8.26. The number of aromatic nitrogens is 3. The quantitative estimate of drug-likeness (QED) is 0.863. The summed E-state index contributed by atoms with van der Waals surface area (Å²) in [5.41, 5.74) is 0.217. The first kappa shape index (κ1) is 18.7. The van der Waals surface area contributed by atoms with Crippen molar-refractivity contribution in [3.05, 3.63) is 30.2 Å². The van der Waals surface area contributed by atoms with E-state index in [1.165, 1.54) is 4.90 Å². The summed E-state index contributed by atoms with van der Waals surface area (Å²) in [6, 6.07) is 5.62. The zero-order valence-corrected chi connectivity index (χ0v) is 15.2. The van der Waals surface area contributed by atoms with Gasteiger partial charge in [-0.2, -0.15) is 0 Å². The van der Waals surface area contributed by atoms with Gasteiger partial charge in [-0.15, -0.1) is 10.2 Å². The maximum atomic E-state index is 12.0. The van der Waals surface area contributed by atoms with E-state index >= 15 is 0 Å². The Morgan fingerprint density at radius 2 is 2.04 bits per heavy atom. The first-order valence-electron chi connectivity index (χ1n) is 8.26. The van der Waals surface area contributed by atoms with Crippen LogP contribution in [0.4, 0.5) is 4.79 Å². The highest BCUT2D eigenvalue weighted by Gasteiger charge is 2.19. The fourth-order valence-electron chi connectivity index (χ4n) is 2.19. The van der Waals surface area contributed by atoms with Crippen LogP contribution in [0, 0.1) is 0 Å². The smallest absolute Gasteiger partial charge is 0.410 e. The highest BCUT2D eigenvalue weighted by atomic mass is 16.6. The van der Waals surface area contributed by atoms with Crippen molar-refractivity contribution in [1.29, 1.82) is 0 Å². The number of nitrogens with zero attached hydrogens (tertiary/aromatic N) is 4. The second-order valence-electron chi connectivity index (χ2n) is 6.83. The molecule has 0 aliphatic heterocycles. The minimum Gasteiger partial charge on any atom is -0.444 e. The normalized spacial score (nSPS) is 11.4. The fraction of sp³-hybridized carbons (Fsp3) is 0.529. The Balaban J connectivity index is 1.71. The molecule has 136 valence electrons. The van der Waals surface area contributed by atoms with Gasteiger partial charge in [-0.05, 0) is 39.3 Å². The molecule has 8 nitrogen and oxygen atoms in total. The van der Waals surface area contributed by atoms with E-state index in [1.807, 2.05) is 49.6 Å². The van der Waals surface area contributed by atoms with Crippen LogP contribution in [0.3, 0.4) is 0 Å². The summed E-state index contributed by atoms with van der Waals surface area (Å²) in [6.45, 7) is 6.23. The summed E-state index contributed by atoms with van der Waals surface area (Å²) in [4.78, 5) is 25.3. The lowest BCUT2D eigenvalue weighted by Gasteiger charge is -2.24. The van der Waals surface area contributed by atoms with Crippen LogP contribution in [0.2, 0.25) is 0 Å². The highest BCUT2D eigenvalue weighted by molar-refractivity contribution is 5.75. The maximum absolute atomic E-state index is 12.0. The molecular formula is C17H25N5O3. The number of nitrogens with one attached hydrogen (secondary N) is 1. The number of hydrogen-bond acceptors (Lipinski definition) is 5. The Kier molecular flexibility index (Phi) is 5.95. The van der Waals surface area contributed by atoms with E-state index in [0.29, 0.717) is 31.8 Å². The summed E-state index contributed by atoms with van der Waals surface area (Å²) < 4.78 is 7.09. The third-order valence-electron chi connectivity index (χ3n) is 3.43. The number of ether oxygens (including phenoxy) is 1. The van der Waals surface area contributed by atoms with Crippen LogP contribution in [0.1, 0.15) is 39.4 Å². The molecule has 0 aromatic carbocycles. The lowest BCUT2D eigenvalue weighted by Crippen LogP contribution is -2.35. The molecule has 2 heterocycles. The van der Waals surface area contributed by atoms with Gasteiger partial charge in [0.05, 0.1) is 6.54 Å². The zero-order chi connectivity index (χ0) is 18.4. The van der Waals surface area contributed by atoms with Crippen molar-refractivity contribution in [1.82, 2.24) is 24.8 Å². The van der Waals surface area contributed by atoms with E-state index in [1.54, 1.807) is 7.05 Å². The second-order valence-corrected chi connectivity index (χ2v) is 6.83. The molecule has 0 bridgehead atoms. The van der Waals surface area contributed by atoms with E-state index in [2.05, 4.69) is 15.5 Å². The van der Waals surface area contributed by atoms with Crippen LogP contribution < -0.4 is 5.32 Å². The average Bonchev–Trinajstić information content (AvgIpc) is 2.94. The van der Waals surface area contributed by atoms with E-state index in [-0.39, 0.29) is 12.0 Å². The molecule has 2 amide bonds. The summed E-state index contributed by atoms with van der Waals surface area (Å²) in [6.07, 6.45) is 2.35. The number of pyridine rings is 1. The molecule has 2 rings (SSSR count). The molecule has 0 aliphatic rings. The minimum absolute atomic E-state index is 0.0923. The first-order chi connectivity index (χ1) is 11.8. The molecule has 2 aromatic heterocycles. The van der Waals surface area contributed by atoms with Crippen LogP contribution >= 0.6 is 0 Å². The molecule has 0 saturated heterocycles. The third-order valence-corrected chi connectivity index (χ3v) is 3.43. The SMILES string of the molecule is CN(CCCC(=O)NCc1nnc2ccccn12)C(=O)OC(C)(C)C. The van der Waals surface area contributed by atoms with Crippen LogP contribution in [-0.4, -0.2) is 50.7 Å². The van der Waals surface area contributed by atoms with Crippen molar-refractivity contribution in [3.8, 4) is 0 Å². The van der Waals surface area contributed by atoms with Gasteiger partial charge in [0, 0.05) is 26.2 Å². The number of rotatable bonds is 6. The van der Waals surface area contributed by atoms with Gasteiger partial charge >= 0.3 is 6.09 Å². The molecule has 0 spiro atoms. The minimum atomic E-state index is -0.524. The average molecular weight is 347 g/mol. The molecule has 0 saturated carbocycles. The largest absolute Gasteiger partial charge is 0.444 e. The standard InChI is InChI=1S/C17H25N5O3/c1-17(2,3)25-16(24)21(4)10-7-9-15(23)18-12-14-20-19-13-8-5-6-11-22(13)14/h5-6,8,11H,7,9-10,12H2,1-4H3,(H,18,23). The van der Waals surface area contributed by atoms with Crippen molar-refractivity contribution >= 4 is 17.6 Å². The second kappa shape index (κ2) is 7.96. The van der Waals surface area contributed by atoms with Crippen molar-refractivity contribution < 1.29 is 14.3 Å². The van der Waals surface area contributed by atoms with E-state index in [9.17, 15) is 9.59 Å². The monoisotopic (exact) mass is 347 g/mol. The van der Waals surface area contributed by atoms with Gasteiger partial charge in [0.1, 0.15) is 5.60 Å². The zero-order valence-electron chi connectivity index (χ0n) is 15.2. The van der Waals surface area contributed by atoms with Gasteiger partial charge in [-0.1, -0.05) is 6.07 Å². The lowest BCUT2D eigenvalue weighted by atomic mass is 10.2. The number of carbonyl (C=O) groups is 2. The Labute approximate surface area is 147 Å². The summed E-state index contributed by atoms with van der Waals surface area (Å²) in [5, 5.41) is 10.9. The Morgan fingerprint density at radius 3 is 2.76 bits per heavy atom. The Morgan fingerprint density at radius 1 is 1.28 bits per heavy atom. The molecule has 25 heavy (non-hydrogen) atoms. The molecule has 0 fully saturated rings. The van der Waals surface area contributed by atoms with Gasteiger partial charge in [0.15, 0.2) is 11.5 Å². The predicted molar refractivity (Wildman–Crippen MR) is 92.9 cm³/mol.